The number of fused-ring (bicyclic) bond motifs is 9. The maximum Gasteiger partial charge on any atom is 0.0658 e. The molecule has 136 valence electrons. The lowest BCUT2D eigenvalue weighted by Gasteiger charge is -2.20. The average molecular weight is 364 g/mol. The molecular weight excluding hydrogens is 344 g/mol. The second-order valence-electron chi connectivity index (χ2n) is 7.72. The highest BCUT2D eigenvalue weighted by molar-refractivity contribution is 6.20. The van der Waals surface area contributed by atoms with Crippen LogP contribution in [0.15, 0.2) is 94.3 Å². The molecule has 4 atom stereocenters. The van der Waals surface area contributed by atoms with Crippen molar-refractivity contribution >= 4 is 23.6 Å². The van der Waals surface area contributed by atoms with Gasteiger partial charge in [0.2, 0.25) is 0 Å². The van der Waals surface area contributed by atoms with E-state index in [0.29, 0.717) is 11.8 Å². The standard InChI is InChI=1S/C24H20N4/c1-2-4-22-21(3-1)23-13-19-9-7-17(26-19)11-15-5-6-16(25-15)12-18-8-10-20(27-18)14-24(22)28-23/h1-14,21-25,28H. The number of nitrogens with one attached hydrogen (secondary N) is 2. The predicted molar refractivity (Wildman–Crippen MR) is 114 cm³/mol. The van der Waals surface area contributed by atoms with Gasteiger partial charge in [-0.15, -0.1) is 0 Å². The summed E-state index contributed by atoms with van der Waals surface area (Å²) < 4.78 is 0. The van der Waals surface area contributed by atoms with E-state index in [1.54, 1.807) is 0 Å². The number of allylic oxidation sites excluding steroid dienone is 6. The molecule has 8 bridgehead atoms. The summed E-state index contributed by atoms with van der Waals surface area (Å²) >= 11 is 0. The summed E-state index contributed by atoms with van der Waals surface area (Å²) in [7, 11) is 0. The minimum Gasteiger partial charge on any atom is -0.355 e. The van der Waals surface area contributed by atoms with Crippen molar-refractivity contribution in [3.8, 4) is 0 Å². The molecule has 5 heterocycles. The van der Waals surface area contributed by atoms with Gasteiger partial charge in [0.25, 0.3) is 0 Å². The number of H-pyrrole nitrogens is 1. The van der Waals surface area contributed by atoms with Gasteiger partial charge in [0.15, 0.2) is 0 Å². The minimum atomic E-state index is 0.251. The van der Waals surface area contributed by atoms with E-state index in [4.69, 9.17) is 9.98 Å². The monoisotopic (exact) mass is 364 g/mol. The first-order valence-electron chi connectivity index (χ1n) is 9.77. The van der Waals surface area contributed by atoms with Crippen LogP contribution in [0.5, 0.6) is 0 Å². The van der Waals surface area contributed by atoms with Gasteiger partial charge >= 0.3 is 0 Å². The molecule has 4 nitrogen and oxygen atoms in total. The molecule has 4 heteroatoms. The SMILES string of the molecule is C1=CC2C3C=C4C=CC(=N4)C=c4ccc([nH]4)=CC4=NC(=CC(N3)C2C=C1)C=C4. The molecule has 0 saturated carbocycles. The van der Waals surface area contributed by atoms with Crippen LogP contribution in [0.25, 0.3) is 12.2 Å². The fraction of sp³-hybridized carbons (Fsp3) is 0.167. The van der Waals surface area contributed by atoms with E-state index in [1.165, 1.54) is 0 Å². The summed E-state index contributed by atoms with van der Waals surface area (Å²) in [5.74, 6) is 0.857. The van der Waals surface area contributed by atoms with Crippen LogP contribution in [0.1, 0.15) is 0 Å². The normalized spacial score (nSPS) is 31.6. The third-order valence-corrected chi connectivity index (χ3v) is 5.84. The van der Waals surface area contributed by atoms with Crippen LogP contribution in [0.3, 0.4) is 0 Å². The fourth-order valence-corrected chi connectivity index (χ4v) is 4.54. The molecule has 28 heavy (non-hydrogen) atoms. The second-order valence-corrected chi connectivity index (χ2v) is 7.72. The van der Waals surface area contributed by atoms with Crippen LogP contribution in [-0.4, -0.2) is 28.5 Å². The first-order chi connectivity index (χ1) is 13.8. The number of aromatic amines is 1. The largest absolute Gasteiger partial charge is 0.355 e. The van der Waals surface area contributed by atoms with Crippen LogP contribution < -0.4 is 16.0 Å². The van der Waals surface area contributed by atoms with Crippen LogP contribution >= 0.6 is 0 Å². The fourth-order valence-electron chi connectivity index (χ4n) is 4.54. The van der Waals surface area contributed by atoms with E-state index in [0.717, 1.165) is 33.5 Å². The third-order valence-electron chi connectivity index (χ3n) is 5.84. The molecule has 0 radical (unpaired) electrons. The molecule has 5 aliphatic rings. The van der Waals surface area contributed by atoms with Crippen molar-refractivity contribution < 1.29 is 0 Å². The summed E-state index contributed by atoms with van der Waals surface area (Å²) in [6.07, 6.45) is 26.0. The summed E-state index contributed by atoms with van der Waals surface area (Å²) in [6, 6.07) is 4.65. The van der Waals surface area contributed by atoms with Gasteiger partial charge in [0.1, 0.15) is 0 Å². The molecular formula is C24H20N4. The Kier molecular flexibility index (Phi) is 3.46. The molecule has 4 unspecified atom stereocenters. The Morgan fingerprint density at radius 3 is 1.75 bits per heavy atom. The summed E-state index contributed by atoms with van der Waals surface area (Å²) in [5, 5.41) is 5.88. The predicted octanol–water partition coefficient (Wildman–Crippen LogP) is 2.08. The van der Waals surface area contributed by atoms with Crippen LogP contribution in [0.4, 0.5) is 0 Å². The lowest BCUT2D eigenvalue weighted by atomic mass is 9.83. The highest BCUT2D eigenvalue weighted by atomic mass is 15.0. The number of nitrogens with zero attached hydrogens (tertiary/aromatic N) is 2. The van der Waals surface area contributed by atoms with Crippen molar-refractivity contribution in [1.29, 1.82) is 0 Å². The van der Waals surface area contributed by atoms with Gasteiger partial charge in [-0.05, 0) is 60.7 Å². The Bertz CT molecular complexity index is 1120. The van der Waals surface area contributed by atoms with Crippen molar-refractivity contribution in [1.82, 2.24) is 10.3 Å². The summed E-state index contributed by atoms with van der Waals surface area (Å²) in [5.41, 5.74) is 3.98. The van der Waals surface area contributed by atoms with Crippen LogP contribution in [-0.2, 0) is 0 Å². The topological polar surface area (TPSA) is 52.5 Å². The zero-order chi connectivity index (χ0) is 18.5. The Hall–Kier alpha value is -3.24. The molecule has 1 saturated heterocycles. The number of hydrogen-bond donors (Lipinski definition) is 2. The molecule has 0 spiro atoms. The first-order valence-corrected chi connectivity index (χ1v) is 9.77. The summed E-state index contributed by atoms with van der Waals surface area (Å²) in [4.78, 5) is 13.0. The van der Waals surface area contributed by atoms with E-state index in [-0.39, 0.29) is 12.1 Å². The Balaban J connectivity index is 1.51. The molecule has 2 N–H and O–H groups in total. The lowest BCUT2D eigenvalue weighted by Crippen LogP contribution is -2.29. The Morgan fingerprint density at radius 1 is 0.679 bits per heavy atom. The quantitative estimate of drug-likeness (QED) is 0.728. The maximum atomic E-state index is 4.79. The molecule has 1 aromatic heterocycles. The van der Waals surface area contributed by atoms with Gasteiger partial charge in [-0.25, -0.2) is 9.98 Å². The zero-order valence-electron chi connectivity index (χ0n) is 15.3. The number of hydrogen-bond acceptors (Lipinski definition) is 3. The van der Waals surface area contributed by atoms with E-state index >= 15 is 0 Å². The van der Waals surface area contributed by atoms with Crippen molar-refractivity contribution in [2.45, 2.75) is 12.1 Å². The van der Waals surface area contributed by atoms with Crippen molar-refractivity contribution in [3.05, 3.63) is 95.0 Å². The van der Waals surface area contributed by atoms with Crippen LogP contribution in [0, 0.1) is 11.8 Å². The maximum absolute atomic E-state index is 4.79. The molecule has 1 fully saturated rings. The Morgan fingerprint density at radius 2 is 1.21 bits per heavy atom. The van der Waals surface area contributed by atoms with Crippen molar-refractivity contribution in [2.24, 2.45) is 21.8 Å². The highest BCUT2D eigenvalue weighted by Crippen LogP contribution is 2.35. The van der Waals surface area contributed by atoms with Gasteiger partial charge in [-0.1, -0.05) is 24.3 Å². The third kappa shape index (κ3) is 2.74. The second kappa shape index (κ2) is 6.14. The summed E-state index contributed by atoms with van der Waals surface area (Å²) in [6.45, 7) is 0. The lowest BCUT2D eigenvalue weighted by molar-refractivity contribution is 0.526. The highest BCUT2D eigenvalue weighted by Gasteiger charge is 2.39. The van der Waals surface area contributed by atoms with Gasteiger partial charge in [0, 0.05) is 34.6 Å². The van der Waals surface area contributed by atoms with E-state index in [1.807, 2.05) is 0 Å². The number of aliphatic imine (C=N–C) groups is 2. The van der Waals surface area contributed by atoms with Crippen molar-refractivity contribution in [2.75, 3.05) is 0 Å². The van der Waals surface area contributed by atoms with Gasteiger partial charge < -0.3 is 10.3 Å². The Labute approximate surface area is 163 Å². The average Bonchev–Trinajstić information content (AvgIpc) is 3.47. The van der Waals surface area contributed by atoms with E-state index in [2.05, 4.69) is 95.3 Å². The van der Waals surface area contributed by atoms with E-state index < -0.39 is 0 Å². The molecule has 0 amide bonds. The van der Waals surface area contributed by atoms with Crippen LogP contribution in [0.2, 0.25) is 0 Å². The first kappa shape index (κ1) is 15.8. The number of aromatic nitrogens is 1. The van der Waals surface area contributed by atoms with Gasteiger partial charge in [-0.3, -0.25) is 0 Å². The number of rotatable bonds is 0. The molecule has 0 aromatic carbocycles. The van der Waals surface area contributed by atoms with Gasteiger partial charge in [-0.2, -0.15) is 0 Å². The molecule has 4 aliphatic heterocycles. The van der Waals surface area contributed by atoms with E-state index in [9.17, 15) is 0 Å². The smallest absolute Gasteiger partial charge is 0.0658 e. The minimum absolute atomic E-state index is 0.251. The van der Waals surface area contributed by atoms with Crippen molar-refractivity contribution in [3.63, 3.8) is 0 Å². The van der Waals surface area contributed by atoms with Gasteiger partial charge in [0.05, 0.1) is 22.8 Å². The molecule has 1 aromatic rings. The molecule has 1 aliphatic carbocycles. The zero-order valence-corrected chi connectivity index (χ0v) is 15.3. The molecule has 6 rings (SSSR count).